The molecule has 0 saturated heterocycles. The van der Waals surface area contributed by atoms with Crippen molar-refractivity contribution in [2.45, 2.75) is 27.2 Å². The van der Waals surface area contributed by atoms with Crippen LogP contribution >= 0.6 is 0 Å². The zero-order valence-corrected chi connectivity index (χ0v) is 13.7. The Morgan fingerprint density at radius 2 is 1.61 bits per heavy atom. The molecular formula is C19H21NO3. The number of hydrogen-bond donors (Lipinski definition) is 1. The standard InChI is InChI=1S/C19H21NO3/c1-12-5-6-15(9-13(12)2)20-19(21)16-11-18-17(10-14(16)3)22-7-4-8-23-18/h5-6,9-11H,4,7-8H2,1-3H3,(H,20,21). The molecule has 2 aromatic rings. The van der Waals surface area contributed by atoms with Gasteiger partial charge in [0, 0.05) is 17.7 Å². The first-order valence-corrected chi connectivity index (χ1v) is 7.83. The molecule has 3 rings (SSSR count). The smallest absolute Gasteiger partial charge is 0.256 e. The molecule has 0 unspecified atom stereocenters. The van der Waals surface area contributed by atoms with Crippen molar-refractivity contribution in [1.29, 1.82) is 0 Å². The zero-order chi connectivity index (χ0) is 16.4. The number of anilines is 1. The molecule has 0 aliphatic carbocycles. The third-order valence-electron chi connectivity index (χ3n) is 4.10. The van der Waals surface area contributed by atoms with Crippen LogP contribution in [0.2, 0.25) is 0 Å². The first kappa shape index (κ1) is 15.4. The normalized spacial score (nSPS) is 13.3. The maximum absolute atomic E-state index is 12.6. The van der Waals surface area contributed by atoms with Crippen LogP contribution in [0.3, 0.4) is 0 Å². The molecule has 0 atom stereocenters. The predicted molar refractivity (Wildman–Crippen MR) is 90.7 cm³/mol. The largest absolute Gasteiger partial charge is 0.490 e. The molecule has 1 aliphatic heterocycles. The molecule has 23 heavy (non-hydrogen) atoms. The van der Waals surface area contributed by atoms with Gasteiger partial charge in [-0.05, 0) is 61.7 Å². The average Bonchev–Trinajstić information content (AvgIpc) is 2.74. The number of ether oxygens (including phenoxy) is 2. The van der Waals surface area contributed by atoms with E-state index in [9.17, 15) is 4.79 Å². The van der Waals surface area contributed by atoms with Gasteiger partial charge in [0.2, 0.25) is 0 Å². The molecule has 0 radical (unpaired) electrons. The third kappa shape index (κ3) is 3.31. The van der Waals surface area contributed by atoms with E-state index in [1.54, 1.807) is 6.07 Å². The number of amides is 1. The first-order chi connectivity index (χ1) is 11.0. The van der Waals surface area contributed by atoms with Gasteiger partial charge >= 0.3 is 0 Å². The molecule has 2 aromatic carbocycles. The van der Waals surface area contributed by atoms with Gasteiger partial charge in [0.1, 0.15) is 0 Å². The molecule has 0 bridgehead atoms. The van der Waals surface area contributed by atoms with Crippen LogP contribution in [0.5, 0.6) is 11.5 Å². The van der Waals surface area contributed by atoms with Crippen LogP contribution in [0.25, 0.3) is 0 Å². The van der Waals surface area contributed by atoms with Crippen LogP contribution in [0.15, 0.2) is 30.3 Å². The summed E-state index contributed by atoms with van der Waals surface area (Å²) in [7, 11) is 0. The van der Waals surface area contributed by atoms with E-state index < -0.39 is 0 Å². The van der Waals surface area contributed by atoms with Crippen LogP contribution in [-0.2, 0) is 0 Å². The second-order valence-corrected chi connectivity index (χ2v) is 5.92. The Hall–Kier alpha value is -2.49. The summed E-state index contributed by atoms with van der Waals surface area (Å²) >= 11 is 0. The fourth-order valence-electron chi connectivity index (χ4n) is 2.57. The second-order valence-electron chi connectivity index (χ2n) is 5.92. The van der Waals surface area contributed by atoms with Crippen molar-refractivity contribution in [3.05, 3.63) is 52.6 Å². The summed E-state index contributed by atoms with van der Waals surface area (Å²) < 4.78 is 11.3. The molecule has 4 nitrogen and oxygen atoms in total. The van der Waals surface area contributed by atoms with Gasteiger partial charge < -0.3 is 14.8 Å². The summed E-state index contributed by atoms with van der Waals surface area (Å²) in [6.07, 6.45) is 0.845. The zero-order valence-electron chi connectivity index (χ0n) is 13.7. The van der Waals surface area contributed by atoms with E-state index in [0.29, 0.717) is 30.3 Å². The molecule has 1 N–H and O–H groups in total. The highest BCUT2D eigenvalue weighted by atomic mass is 16.5. The molecule has 0 aromatic heterocycles. The predicted octanol–water partition coefficient (Wildman–Crippen LogP) is 4.03. The minimum atomic E-state index is -0.138. The van der Waals surface area contributed by atoms with Crippen molar-refractivity contribution >= 4 is 11.6 Å². The highest BCUT2D eigenvalue weighted by Crippen LogP contribution is 2.33. The Bertz CT molecular complexity index is 753. The Morgan fingerprint density at radius 1 is 0.913 bits per heavy atom. The van der Waals surface area contributed by atoms with E-state index in [-0.39, 0.29) is 5.91 Å². The van der Waals surface area contributed by atoms with E-state index in [1.165, 1.54) is 5.56 Å². The van der Waals surface area contributed by atoms with Gasteiger partial charge in [-0.3, -0.25) is 4.79 Å². The Morgan fingerprint density at radius 3 is 2.30 bits per heavy atom. The molecule has 1 aliphatic rings. The average molecular weight is 311 g/mol. The number of benzene rings is 2. The lowest BCUT2D eigenvalue weighted by atomic mass is 10.1. The minimum Gasteiger partial charge on any atom is -0.490 e. The van der Waals surface area contributed by atoms with Crippen molar-refractivity contribution in [2.75, 3.05) is 18.5 Å². The van der Waals surface area contributed by atoms with Gasteiger partial charge in [0.25, 0.3) is 5.91 Å². The van der Waals surface area contributed by atoms with E-state index in [2.05, 4.69) is 12.2 Å². The Kier molecular flexibility index (Phi) is 4.24. The number of rotatable bonds is 2. The van der Waals surface area contributed by atoms with Crippen molar-refractivity contribution in [2.24, 2.45) is 0 Å². The molecule has 0 saturated carbocycles. The molecule has 120 valence electrons. The number of nitrogens with one attached hydrogen (secondary N) is 1. The van der Waals surface area contributed by atoms with Crippen molar-refractivity contribution in [3.63, 3.8) is 0 Å². The van der Waals surface area contributed by atoms with Gasteiger partial charge in [-0.2, -0.15) is 0 Å². The SMILES string of the molecule is Cc1ccc(NC(=O)c2cc3c(cc2C)OCCCO3)cc1C. The fourth-order valence-corrected chi connectivity index (χ4v) is 2.57. The Labute approximate surface area is 136 Å². The van der Waals surface area contributed by atoms with Crippen LogP contribution in [0.4, 0.5) is 5.69 Å². The Balaban J connectivity index is 1.87. The van der Waals surface area contributed by atoms with Crippen molar-refractivity contribution in [1.82, 2.24) is 0 Å². The van der Waals surface area contributed by atoms with E-state index in [0.717, 1.165) is 23.2 Å². The minimum absolute atomic E-state index is 0.138. The highest BCUT2D eigenvalue weighted by Gasteiger charge is 2.17. The van der Waals surface area contributed by atoms with Gasteiger partial charge in [-0.1, -0.05) is 6.07 Å². The van der Waals surface area contributed by atoms with Crippen LogP contribution in [0.1, 0.15) is 33.5 Å². The van der Waals surface area contributed by atoms with Crippen LogP contribution in [-0.4, -0.2) is 19.1 Å². The van der Waals surface area contributed by atoms with Crippen molar-refractivity contribution in [3.8, 4) is 11.5 Å². The van der Waals surface area contributed by atoms with E-state index in [1.807, 2.05) is 38.1 Å². The summed E-state index contributed by atoms with van der Waals surface area (Å²) in [6.45, 7) is 7.23. The summed E-state index contributed by atoms with van der Waals surface area (Å²) in [4.78, 5) is 12.6. The van der Waals surface area contributed by atoms with Gasteiger partial charge in [0.15, 0.2) is 11.5 Å². The van der Waals surface area contributed by atoms with Crippen LogP contribution < -0.4 is 14.8 Å². The molecule has 1 heterocycles. The lowest BCUT2D eigenvalue weighted by Crippen LogP contribution is -2.14. The third-order valence-corrected chi connectivity index (χ3v) is 4.10. The first-order valence-electron chi connectivity index (χ1n) is 7.83. The lowest BCUT2D eigenvalue weighted by molar-refractivity contribution is 0.102. The lowest BCUT2D eigenvalue weighted by Gasteiger charge is -2.13. The number of carbonyl (C=O) groups is 1. The summed E-state index contributed by atoms with van der Waals surface area (Å²) in [5, 5.41) is 2.95. The topological polar surface area (TPSA) is 47.6 Å². The van der Waals surface area contributed by atoms with E-state index in [4.69, 9.17) is 9.47 Å². The summed E-state index contributed by atoms with van der Waals surface area (Å²) in [6, 6.07) is 9.54. The molecule has 0 spiro atoms. The monoisotopic (exact) mass is 311 g/mol. The number of fused-ring (bicyclic) bond motifs is 1. The maximum Gasteiger partial charge on any atom is 0.256 e. The highest BCUT2D eigenvalue weighted by molar-refractivity contribution is 6.05. The second kappa shape index (κ2) is 6.32. The number of carbonyl (C=O) groups excluding carboxylic acids is 1. The fraction of sp³-hybridized carbons (Fsp3) is 0.316. The molecule has 4 heteroatoms. The van der Waals surface area contributed by atoms with Gasteiger partial charge in [-0.15, -0.1) is 0 Å². The molecular weight excluding hydrogens is 290 g/mol. The molecule has 1 amide bonds. The van der Waals surface area contributed by atoms with E-state index >= 15 is 0 Å². The van der Waals surface area contributed by atoms with Gasteiger partial charge in [0.05, 0.1) is 13.2 Å². The number of hydrogen-bond acceptors (Lipinski definition) is 3. The van der Waals surface area contributed by atoms with Crippen LogP contribution in [0, 0.1) is 20.8 Å². The van der Waals surface area contributed by atoms with Crippen molar-refractivity contribution < 1.29 is 14.3 Å². The summed E-state index contributed by atoms with van der Waals surface area (Å²) in [5.41, 5.74) is 4.63. The number of aryl methyl sites for hydroxylation is 3. The molecule has 0 fully saturated rings. The summed E-state index contributed by atoms with van der Waals surface area (Å²) in [5.74, 6) is 1.21. The maximum atomic E-state index is 12.6. The quantitative estimate of drug-likeness (QED) is 0.911. The van der Waals surface area contributed by atoms with Gasteiger partial charge in [-0.25, -0.2) is 0 Å².